The number of carboxylic acid groups (broad SMARTS) is 1. The molecule has 6 nitrogen and oxygen atoms in total. The molecule has 0 aliphatic carbocycles. The molecule has 1 aromatic carbocycles. The van der Waals surface area contributed by atoms with Crippen molar-refractivity contribution in [3.63, 3.8) is 0 Å². The van der Waals surface area contributed by atoms with E-state index in [1.807, 2.05) is 6.07 Å². The van der Waals surface area contributed by atoms with Crippen LogP contribution in [0.3, 0.4) is 0 Å². The van der Waals surface area contributed by atoms with Gasteiger partial charge >= 0.3 is 11.9 Å². The number of nitrogens with one attached hydrogen (secondary N) is 2. The molecule has 1 amide bonds. The van der Waals surface area contributed by atoms with E-state index in [4.69, 9.17) is 5.11 Å². The van der Waals surface area contributed by atoms with Crippen LogP contribution < -0.4 is 10.9 Å². The summed E-state index contributed by atoms with van der Waals surface area (Å²) in [4.78, 5) is 32.6. The van der Waals surface area contributed by atoms with Crippen LogP contribution in [0.1, 0.15) is 12.8 Å². The molecule has 0 unspecified atom stereocenters. The van der Waals surface area contributed by atoms with Crippen molar-refractivity contribution in [2.45, 2.75) is 12.8 Å². The van der Waals surface area contributed by atoms with Crippen molar-refractivity contribution in [3.8, 4) is 0 Å². The van der Waals surface area contributed by atoms with Crippen LogP contribution in [0.15, 0.2) is 30.3 Å². The lowest BCUT2D eigenvalue weighted by molar-refractivity contribution is -0.141. The highest BCUT2D eigenvalue weighted by Gasteiger charge is 2.14. The molecule has 3 N–H and O–H groups in total. The zero-order valence-corrected chi connectivity index (χ0v) is 8.97. The van der Waals surface area contributed by atoms with E-state index in [2.05, 4.69) is 10.9 Å². The second-order valence-corrected chi connectivity index (χ2v) is 3.26. The minimum atomic E-state index is -1.11. The fraction of sp³-hybridized carbons (Fsp3) is 0.182. The van der Waals surface area contributed by atoms with Crippen LogP contribution in [0.5, 0.6) is 0 Å². The summed E-state index contributed by atoms with van der Waals surface area (Å²) < 4.78 is 0. The molecule has 0 spiro atoms. The van der Waals surface area contributed by atoms with Gasteiger partial charge in [0, 0.05) is 6.42 Å². The zero-order valence-electron chi connectivity index (χ0n) is 8.97. The second-order valence-electron chi connectivity index (χ2n) is 3.26. The van der Waals surface area contributed by atoms with Gasteiger partial charge < -0.3 is 5.11 Å². The summed E-state index contributed by atoms with van der Waals surface area (Å²) in [5, 5.41) is 8.35. The molecule has 0 aliphatic heterocycles. The Labute approximate surface area is 97.6 Å². The quantitative estimate of drug-likeness (QED) is 0.495. The first-order valence-corrected chi connectivity index (χ1v) is 4.95. The smallest absolute Gasteiger partial charge is 0.305 e. The molecule has 0 saturated carbocycles. The molecule has 0 aromatic heterocycles. The summed E-state index contributed by atoms with van der Waals surface area (Å²) in [6, 6.07) is 8.76. The average molecular weight is 236 g/mol. The molecule has 90 valence electrons. The van der Waals surface area contributed by atoms with E-state index in [1.54, 1.807) is 24.3 Å². The summed E-state index contributed by atoms with van der Waals surface area (Å²) >= 11 is 0. The SMILES string of the molecule is O=C(O)CCC(=O)C(=O)NNc1ccccc1. The molecule has 0 saturated heterocycles. The molecule has 0 fully saturated rings. The number of amides is 1. The summed E-state index contributed by atoms with van der Waals surface area (Å²) in [5.41, 5.74) is 5.37. The van der Waals surface area contributed by atoms with Crippen LogP contribution in [0, 0.1) is 0 Å². The Balaban J connectivity index is 2.34. The largest absolute Gasteiger partial charge is 0.481 e. The molecule has 0 bridgehead atoms. The number of hydrogen-bond donors (Lipinski definition) is 3. The number of Topliss-reactive ketones (excluding diaryl/α,β-unsaturated/α-hetero) is 1. The maximum atomic E-state index is 11.2. The number of benzene rings is 1. The maximum absolute atomic E-state index is 11.2. The normalized spacial score (nSPS) is 9.41. The lowest BCUT2D eigenvalue weighted by Crippen LogP contribution is -2.35. The van der Waals surface area contributed by atoms with Crippen molar-refractivity contribution in [3.05, 3.63) is 30.3 Å². The van der Waals surface area contributed by atoms with Crippen molar-refractivity contribution < 1.29 is 19.5 Å². The molecule has 0 aliphatic rings. The highest BCUT2D eigenvalue weighted by molar-refractivity contribution is 6.36. The Hall–Kier alpha value is -2.37. The summed E-state index contributed by atoms with van der Waals surface area (Å²) in [7, 11) is 0. The average Bonchev–Trinajstić information content (AvgIpc) is 2.34. The van der Waals surface area contributed by atoms with Gasteiger partial charge in [0.05, 0.1) is 12.1 Å². The van der Waals surface area contributed by atoms with Gasteiger partial charge in [-0.3, -0.25) is 25.2 Å². The van der Waals surface area contributed by atoms with Crippen LogP contribution in [0.2, 0.25) is 0 Å². The Bertz CT molecular complexity index is 417. The number of para-hydroxylation sites is 1. The second kappa shape index (κ2) is 6.26. The first-order chi connectivity index (χ1) is 8.09. The summed E-state index contributed by atoms with van der Waals surface area (Å²) in [5.74, 6) is -2.73. The third kappa shape index (κ3) is 4.78. The lowest BCUT2D eigenvalue weighted by atomic mass is 10.2. The minimum Gasteiger partial charge on any atom is -0.481 e. The highest BCUT2D eigenvalue weighted by atomic mass is 16.4. The Morgan fingerprint density at radius 2 is 1.71 bits per heavy atom. The molecular weight excluding hydrogens is 224 g/mol. The highest BCUT2D eigenvalue weighted by Crippen LogP contribution is 2.02. The van der Waals surface area contributed by atoms with Gasteiger partial charge in [-0.1, -0.05) is 18.2 Å². The predicted molar refractivity (Wildman–Crippen MR) is 60.1 cm³/mol. The van der Waals surface area contributed by atoms with Crippen LogP contribution in [0.4, 0.5) is 5.69 Å². The monoisotopic (exact) mass is 236 g/mol. The van der Waals surface area contributed by atoms with E-state index in [1.165, 1.54) is 0 Å². The van der Waals surface area contributed by atoms with Crippen molar-refractivity contribution in [1.82, 2.24) is 5.43 Å². The lowest BCUT2D eigenvalue weighted by Gasteiger charge is -2.06. The van der Waals surface area contributed by atoms with Gasteiger partial charge in [0.15, 0.2) is 0 Å². The van der Waals surface area contributed by atoms with Crippen molar-refractivity contribution in [2.24, 2.45) is 0 Å². The number of anilines is 1. The molecule has 1 rings (SSSR count). The number of carbonyl (C=O) groups is 3. The van der Waals surface area contributed by atoms with Crippen molar-refractivity contribution in [2.75, 3.05) is 5.43 Å². The van der Waals surface area contributed by atoms with Crippen LogP contribution >= 0.6 is 0 Å². The number of hydrogen-bond acceptors (Lipinski definition) is 4. The maximum Gasteiger partial charge on any atom is 0.305 e. The summed E-state index contributed by atoms with van der Waals surface area (Å²) in [6.07, 6.45) is -0.658. The van der Waals surface area contributed by atoms with Gasteiger partial charge in [-0.15, -0.1) is 0 Å². The summed E-state index contributed by atoms with van der Waals surface area (Å²) in [6.45, 7) is 0. The first kappa shape index (κ1) is 12.7. The van der Waals surface area contributed by atoms with E-state index in [9.17, 15) is 14.4 Å². The van der Waals surface area contributed by atoms with Gasteiger partial charge in [0.1, 0.15) is 0 Å². The standard InChI is InChI=1S/C11H12N2O4/c14-9(6-7-10(15)16)11(17)13-12-8-4-2-1-3-5-8/h1-5,12H,6-7H2,(H,13,17)(H,15,16). The Morgan fingerprint density at radius 3 is 2.29 bits per heavy atom. The minimum absolute atomic E-state index is 0.308. The third-order valence-corrected chi connectivity index (χ3v) is 1.91. The van der Waals surface area contributed by atoms with Crippen molar-refractivity contribution in [1.29, 1.82) is 0 Å². The molecule has 0 heterocycles. The molecule has 6 heteroatoms. The van der Waals surface area contributed by atoms with E-state index >= 15 is 0 Å². The Kier molecular flexibility index (Phi) is 4.68. The fourth-order valence-electron chi connectivity index (χ4n) is 1.05. The number of carbonyl (C=O) groups excluding carboxylic acids is 2. The Morgan fingerprint density at radius 1 is 1.06 bits per heavy atom. The molecule has 0 atom stereocenters. The number of carboxylic acids is 1. The predicted octanol–water partition coefficient (Wildman–Crippen LogP) is 0.564. The first-order valence-electron chi connectivity index (χ1n) is 4.95. The third-order valence-electron chi connectivity index (χ3n) is 1.91. The number of aliphatic carboxylic acids is 1. The van der Waals surface area contributed by atoms with Gasteiger partial charge in [0.25, 0.3) is 0 Å². The molecule has 0 radical (unpaired) electrons. The van der Waals surface area contributed by atoms with Gasteiger partial charge in [-0.25, -0.2) is 0 Å². The van der Waals surface area contributed by atoms with E-state index in [0.29, 0.717) is 5.69 Å². The van der Waals surface area contributed by atoms with Crippen LogP contribution in [-0.2, 0) is 14.4 Å². The van der Waals surface area contributed by atoms with Crippen LogP contribution in [-0.4, -0.2) is 22.8 Å². The molecule has 1 aromatic rings. The number of ketones is 1. The fourth-order valence-corrected chi connectivity index (χ4v) is 1.05. The zero-order chi connectivity index (χ0) is 12.7. The molecular formula is C11H12N2O4. The number of hydrazine groups is 1. The topological polar surface area (TPSA) is 95.5 Å². The molecule has 17 heavy (non-hydrogen) atoms. The van der Waals surface area contributed by atoms with Crippen LogP contribution in [0.25, 0.3) is 0 Å². The van der Waals surface area contributed by atoms with Gasteiger partial charge in [-0.2, -0.15) is 0 Å². The van der Waals surface area contributed by atoms with E-state index < -0.39 is 17.7 Å². The van der Waals surface area contributed by atoms with Gasteiger partial charge in [-0.05, 0) is 12.1 Å². The van der Waals surface area contributed by atoms with Gasteiger partial charge in [0.2, 0.25) is 5.78 Å². The van der Waals surface area contributed by atoms with E-state index in [-0.39, 0.29) is 12.8 Å². The van der Waals surface area contributed by atoms with E-state index in [0.717, 1.165) is 0 Å². The van der Waals surface area contributed by atoms with Crippen molar-refractivity contribution >= 4 is 23.3 Å². The number of rotatable bonds is 6.